The van der Waals surface area contributed by atoms with Crippen molar-refractivity contribution >= 4 is 11.4 Å². The van der Waals surface area contributed by atoms with Crippen molar-refractivity contribution in [3.05, 3.63) is 125 Å². The second kappa shape index (κ2) is 15.7. The van der Waals surface area contributed by atoms with Gasteiger partial charge in [0.05, 0.1) is 50.8 Å². The molecule has 0 fully saturated rings. The monoisotopic (exact) mass is 744 g/mol. The topological polar surface area (TPSA) is 132 Å². The number of aromatic nitrogens is 7. The highest BCUT2D eigenvalue weighted by Gasteiger charge is 2.31. The Morgan fingerprint density at radius 3 is 2.31 bits per heavy atom. The van der Waals surface area contributed by atoms with Crippen LogP contribution >= 0.6 is 0 Å². The Kier molecular flexibility index (Phi) is 10.5. The number of aryl methyl sites for hydroxylation is 3. The number of halogens is 1. The van der Waals surface area contributed by atoms with E-state index in [2.05, 4.69) is 20.5 Å². The van der Waals surface area contributed by atoms with Crippen molar-refractivity contribution in [1.29, 1.82) is 0 Å². The predicted octanol–water partition coefficient (Wildman–Crippen LogP) is 6.82. The largest absolute Gasteiger partial charge is 0.497 e. The lowest BCUT2D eigenvalue weighted by Crippen LogP contribution is -2.25. The summed E-state index contributed by atoms with van der Waals surface area (Å²) in [6, 6.07) is 22.7. The molecule has 13 nitrogen and oxygen atoms in total. The van der Waals surface area contributed by atoms with Crippen molar-refractivity contribution in [3.63, 3.8) is 0 Å². The number of ether oxygens (including phenoxy) is 4. The van der Waals surface area contributed by atoms with Crippen molar-refractivity contribution in [2.75, 3.05) is 21.3 Å². The van der Waals surface area contributed by atoms with Gasteiger partial charge in [-0.2, -0.15) is 5.10 Å². The third kappa shape index (κ3) is 7.18. The Morgan fingerprint density at radius 1 is 0.873 bits per heavy atom. The number of methoxy groups -OCH3 is 3. The number of nitrogens with zero attached hydrogens (tertiary/aromatic N) is 7. The SMILES string of the molecule is CCn1nc(C)c(OCc2ccccc2)c1-c1nnc(-c2c(F)c(C(=O)NCc3ccc(OC)cc3OC)n3cc(C)ncc23)n1Cc1ccc(OC)cc1. The second-order valence-corrected chi connectivity index (χ2v) is 12.8. The highest BCUT2D eigenvalue weighted by atomic mass is 19.1. The average Bonchev–Trinajstić information content (AvgIpc) is 3.85. The summed E-state index contributed by atoms with van der Waals surface area (Å²) in [5, 5.41) is 17.0. The van der Waals surface area contributed by atoms with E-state index in [0.29, 0.717) is 70.1 Å². The molecule has 282 valence electrons. The lowest BCUT2D eigenvalue weighted by Gasteiger charge is -2.14. The molecule has 0 radical (unpaired) electrons. The van der Waals surface area contributed by atoms with E-state index in [0.717, 1.165) is 11.1 Å². The molecule has 0 saturated carbocycles. The zero-order valence-electron chi connectivity index (χ0n) is 31.5. The van der Waals surface area contributed by atoms with E-state index < -0.39 is 11.7 Å². The first-order chi connectivity index (χ1) is 26.7. The van der Waals surface area contributed by atoms with Crippen molar-refractivity contribution in [1.82, 2.24) is 39.2 Å². The van der Waals surface area contributed by atoms with Crippen LogP contribution < -0.4 is 24.3 Å². The molecule has 4 heterocycles. The molecular weight excluding hydrogens is 703 g/mol. The van der Waals surface area contributed by atoms with Gasteiger partial charge in [-0.1, -0.05) is 42.5 Å². The lowest BCUT2D eigenvalue weighted by molar-refractivity contribution is 0.0940. The van der Waals surface area contributed by atoms with Crippen LogP contribution in [0, 0.1) is 19.7 Å². The van der Waals surface area contributed by atoms with Crippen LogP contribution in [0.25, 0.3) is 28.4 Å². The van der Waals surface area contributed by atoms with Gasteiger partial charge >= 0.3 is 0 Å². The second-order valence-electron chi connectivity index (χ2n) is 12.8. The highest BCUT2D eigenvalue weighted by molar-refractivity contribution is 5.98. The minimum Gasteiger partial charge on any atom is -0.497 e. The van der Waals surface area contributed by atoms with Gasteiger partial charge in [-0.05, 0) is 56.2 Å². The Bertz CT molecular complexity index is 2470. The molecule has 0 spiro atoms. The molecule has 3 aromatic carbocycles. The molecule has 0 aliphatic carbocycles. The molecule has 7 aromatic rings. The Balaban J connectivity index is 1.36. The average molecular weight is 745 g/mol. The van der Waals surface area contributed by atoms with Gasteiger partial charge in [0.15, 0.2) is 23.2 Å². The van der Waals surface area contributed by atoms with E-state index >= 15 is 4.39 Å². The van der Waals surface area contributed by atoms with Crippen molar-refractivity contribution in [3.8, 4) is 45.9 Å². The summed E-state index contributed by atoms with van der Waals surface area (Å²) in [5.74, 6) is 1.54. The molecule has 0 unspecified atom stereocenters. The summed E-state index contributed by atoms with van der Waals surface area (Å²) in [6.45, 7) is 6.74. The summed E-state index contributed by atoms with van der Waals surface area (Å²) in [7, 11) is 4.70. The predicted molar refractivity (Wildman–Crippen MR) is 204 cm³/mol. The fourth-order valence-corrected chi connectivity index (χ4v) is 6.54. The summed E-state index contributed by atoms with van der Waals surface area (Å²) < 4.78 is 45.0. The summed E-state index contributed by atoms with van der Waals surface area (Å²) in [5.41, 5.74) is 4.59. The van der Waals surface area contributed by atoms with E-state index in [1.807, 2.05) is 73.0 Å². The highest BCUT2D eigenvalue weighted by Crippen LogP contribution is 2.38. The number of carbonyl (C=O) groups excluding carboxylic acids is 1. The number of rotatable bonds is 14. The van der Waals surface area contributed by atoms with Gasteiger partial charge < -0.3 is 33.2 Å². The van der Waals surface area contributed by atoms with Crippen LogP contribution in [0.4, 0.5) is 4.39 Å². The molecule has 0 atom stereocenters. The van der Waals surface area contributed by atoms with Crippen LogP contribution in [0.15, 0.2) is 85.2 Å². The third-order valence-corrected chi connectivity index (χ3v) is 9.32. The van der Waals surface area contributed by atoms with Crippen LogP contribution in [-0.4, -0.2) is 61.2 Å². The van der Waals surface area contributed by atoms with Crippen LogP contribution in [0.1, 0.15) is 45.5 Å². The summed E-state index contributed by atoms with van der Waals surface area (Å²) in [6.07, 6.45) is 3.17. The first-order valence-electron chi connectivity index (χ1n) is 17.7. The van der Waals surface area contributed by atoms with E-state index in [-0.39, 0.29) is 30.2 Å². The first kappa shape index (κ1) is 36.6. The van der Waals surface area contributed by atoms with Gasteiger partial charge in [0, 0.05) is 30.9 Å². The molecule has 1 N–H and O–H groups in total. The van der Waals surface area contributed by atoms with Crippen LogP contribution in [0.5, 0.6) is 23.0 Å². The molecule has 0 aliphatic rings. The number of nitrogens with one attached hydrogen (secondary N) is 1. The number of amides is 1. The van der Waals surface area contributed by atoms with Crippen molar-refractivity contribution in [2.45, 2.75) is 47.0 Å². The van der Waals surface area contributed by atoms with E-state index in [4.69, 9.17) is 24.0 Å². The number of hydrogen-bond donors (Lipinski definition) is 1. The maximum Gasteiger partial charge on any atom is 0.271 e. The van der Waals surface area contributed by atoms with Gasteiger partial charge in [0.25, 0.3) is 5.91 Å². The fraction of sp³-hybridized carbons (Fsp3) is 0.244. The maximum atomic E-state index is 17.2. The quantitative estimate of drug-likeness (QED) is 0.128. The third-order valence-electron chi connectivity index (χ3n) is 9.32. The van der Waals surface area contributed by atoms with E-state index in [1.54, 1.807) is 50.2 Å². The van der Waals surface area contributed by atoms with Gasteiger partial charge in [-0.3, -0.25) is 14.5 Å². The standard InChI is InChI=1S/C41H41FN8O5/c1-7-50-37(38(26(3)47-50)55-24-28-11-9-8-10-12-28)40-46-45-39(49(40)23-27-13-16-30(52-4)17-14-27)34-32-21-43-25(2)22-48(32)36(35(34)42)41(51)44-20-29-15-18-31(53-5)19-33(29)54-6/h8-19,21-22H,7,20,23-24H2,1-6H3,(H,44,51). The molecule has 55 heavy (non-hydrogen) atoms. The Morgan fingerprint density at radius 2 is 1.60 bits per heavy atom. The number of hydrogen-bond acceptors (Lipinski definition) is 9. The Labute approximate surface area is 317 Å². The zero-order chi connectivity index (χ0) is 38.6. The maximum absolute atomic E-state index is 17.2. The fourth-order valence-electron chi connectivity index (χ4n) is 6.54. The smallest absolute Gasteiger partial charge is 0.271 e. The molecule has 14 heteroatoms. The lowest BCUT2D eigenvalue weighted by atomic mass is 10.1. The molecule has 0 bridgehead atoms. The summed E-state index contributed by atoms with van der Waals surface area (Å²) >= 11 is 0. The molecule has 7 rings (SSSR count). The normalized spacial score (nSPS) is 11.2. The first-order valence-corrected chi connectivity index (χ1v) is 17.7. The van der Waals surface area contributed by atoms with Crippen LogP contribution in [0.3, 0.4) is 0 Å². The molecule has 4 aromatic heterocycles. The van der Waals surface area contributed by atoms with Gasteiger partial charge in [0.2, 0.25) is 0 Å². The van der Waals surface area contributed by atoms with E-state index in [9.17, 15) is 4.79 Å². The van der Waals surface area contributed by atoms with E-state index in [1.165, 1.54) is 17.7 Å². The molecular formula is C41H41FN8O5. The van der Waals surface area contributed by atoms with Gasteiger partial charge in [-0.25, -0.2) is 4.39 Å². The number of carbonyl (C=O) groups is 1. The summed E-state index contributed by atoms with van der Waals surface area (Å²) in [4.78, 5) is 18.5. The van der Waals surface area contributed by atoms with Crippen LogP contribution in [0.2, 0.25) is 0 Å². The van der Waals surface area contributed by atoms with Gasteiger partial charge in [0.1, 0.15) is 40.9 Å². The number of benzene rings is 3. The molecule has 1 amide bonds. The molecule has 0 aliphatic heterocycles. The number of fused-ring (bicyclic) bond motifs is 1. The molecule has 0 saturated heterocycles. The van der Waals surface area contributed by atoms with Crippen LogP contribution in [-0.2, 0) is 26.2 Å². The Hall–Kier alpha value is -6.70. The van der Waals surface area contributed by atoms with Crippen molar-refractivity contribution < 1.29 is 28.1 Å². The minimum absolute atomic E-state index is 0.0676. The van der Waals surface area contributed by atoms with Crippen molar-refractivity contribution in [2.24, 2.45) is 0 Å². The zero-order valence-corrected chi connectivity index (χ0v) is 31.5. The minimum atomic E-state index is -0.776. The van der Waals surface area contributed by atoms with Gasteiger partial charge in [-0.15, -0.1) is 10.2 Å².